The van der Waals surface area contributed by atoms with E-state index in [1.165, 1.54) is 0 Å². The molecule has 4 nitrogen and oxygen atoms in total. The maximum atomic E-state index is 12.7. The summed E-state index contributed by atoms with van der Waals surface area (Å²) in [5.41, 5.74) is 7.85. The number of aryl methyl sites for hydroxylation is 1. The molecular weight excluding hydrogens is 262 g/mol. The number of hydrogen-bond acceptors (Lipinski definition) is 3. The third kappa shape index (κ3) is 2.63. The number of aromatic nitrogens is 1. The van der Waals surface area contributed by atoms with Crippen molar-refractivity contribution in [3.05, 3.63) is 41.6 Å². The molecule has 1 aliphatic rings. The van der Waals surface area contributed by atoms with Gasteiger partial charge in [-0.1, -0.05) is 18.2 Å². The lowest BCUT2D eigenvalue weighted by atomic mass is 9.95. The summed E-state index contributed by atoms with van der Waals surface area (Å²) in [5.74, 6) is 0.412. The fourth-order valence-corrected chi connectivity index (χ4v) is 2.79. The molecule has 4 heteroatoms. The van der Waals surface area contributed by atoms with E-state index in [0.29, 0.717) is 18.0 Å². The number of hydrogen-bond donors (Lipinski definition) is 2. The molecular formula is C17H21N3O. The van der Waals surface area contributed by atoms with Crippen molar-refractivity contribution in [3.8, 4) is 0 Å². The van der Waals surface area contributed by atoms with Crippen LogP contribution in [0.25, 0.3) is 10.9 Å². The standard InChI is InChI=1S/C17H21N3O/c1-11-6-7-12-4-3-5-14(15(12)19-11)16(21)20-17(2,10-18)13-8-9-13/h3-7,13H,8-10,18H2,1-2H3,(H,20,21). The molecule has 3 N–H and O–H groups in total. The van der Waals surface area contributed by atoms with Crippen LogP contribution in [-0.4, -0.2) is 23.0 Å². The largest absolute Gasteiger partial charge is 0.345 e. The van der Waals surface area contributed by atoms with Gasteiger partial charge in [-0.15, -0.1) is 0 Å². The lowest BCUT2D eigenvalue weighted by molar-refractivity contribution is 0.0899. The maximum Gasteiger partial charge on any atom is 0.253 e. The first-order chi connectivity index (χ1) is 10.0. The van der Waals surface area contributed by atoms with E-state index in [2.05, 4.69) is 10.3 Å². The average molecular weight is 283 g/mol. The number of carbonyl (C=O) groups is 1. The van der Waals surface area contributed by atoms with E-state index in [1.54, 1.807) is 0 Å². The lowest BCUT2D eigenvalue weighted by Crippen LogP contribution is -2.53. The Morgan fingerprint density at radius 1 is 1.38 bits per heavy atom. The third-order valence-corrected chi connectivity index (χ3v) is 4.41. The average Bonchev–Trinajstić information content (AvgIpc) is 3.31. The van der Waals surface area contributed by atoms with Crippen LogP contribution in [0.5, 0.6) is 0 Å². The zero-order chi connectivity index (χ0) is 15.0. The number of benzene rings is 1. The van der Waals surface area contributed by atoms with E-state index in [4.69, 9.17) is 5.73 Å². The van der Waals surface area contributed by atoms with Gasteiger partial charge < -0.3 is 11.1 Å². The number of nitrogens with two attached hydrogens (primary N) is 1. The van der Waals surface area contributed by atoms with Gasteiger partial charge in [0.2, 0.25) is 0 Å². The van der Waals surface area contributed by atoms with Crippen molar-refractivity contribution >= 4 is 16.8 Å². The summed E-state index contributed by atoms with van der Waals surface area (Å²) in [6.45, 7) is 4.43. The van der Waals surface area contributed by atoms with Gasteiger partial charge in [0.15, 0.2) is 0 Å². The van der Waals surface area contributed by atoms with E-state index < -0.39 is 0 Å². The summed E-state index contributed by atoms with van der Waals surface area (Å²) in [6, 6.07) is 9.65. The van der Waals surface area contributed by atoms with Crippen LogP contribution in [-0.2, 0) is 0 Å². The van der Waals surface area contributed by atoms with Crippen molar-refractivity contribution in [2.45, 2.75) is 32.2 Å². The molecule has 0 radical (unpaired) electrons. The molecule has 1 atom stereocenters. The highest BCUT2D eigenvalue weighted by Crippen LogP contribution is 2.39. The van der Waals surface area contributed by atoms with Gasteiger partial charge in [-0.25, -0.2) is 0 Å². The molecule has 1 unspecified atom stereocenters. The number of amides is 1. The fraction of sp³-hybridized carbons (Fsp3) is 0.412. The second-order valence-electron chi connectivity index (χ2n) is 6.18. The summed E-state index contributed by atoms with van der Waals surface area (Å²) in [5, 5.41) is 4.11. The van der Waals surface area contributed by atoms with Crippen LogP contribution in [0, 0.1) is 12.8 Å². The van der Waals surface area contributed by atoms with Crippen LogP contribution >= 0.6 is 0 Å². The molecule has 0 bridgehead atoms. The Morgan fingerprint density at radius 2 is 2.14 bits per heavy atom. The van der Waals surface area contributed by atoms with Crippen molar-refractivity contribution in [1.29, 1.82) is 0 Å². The fourth-order valence-electron chi connectivity index (χ4n) is 2.79. The number of carbonyl (C=O) groups excluding carboxylic acids is 1. The van der Waals surface area contributed by atoms with Crippen molar-refractivity contribution in [2.24, 2.45) is 11.7 Å². The Hall–Kier alpha value is -1.94. The number of nitrogens with zero attached hydrogens (tertiary/aromatic N) is 1. The summed E-state index contributed by atoms with van der Waals surface area (Å²) < 4.78 is 0. The predicted molar refractivity (Wildman–Crippen MR) is 84.1 cm³/mol. The van der Waals surface area contributed by atoms with Crippen molar-refractivity contribution in [1.82, 2.24) is 10.3 Å². The minimum absolute atomic E-state index is 0.0847. The van der Waals surface area contributed by atoms with Crippen LogP contribution < -0.4 is 11.1 Å². The molecule has 1 saturated carbocycles. The van der Waals surface area contributed by atoms with E-state index in [0.717, 1.165) is 29.4 Å². The summed E-state index contributed by atoms with van der Waals surface area (Å²) in [4.78, 5) is 17.2. The second-order valence-corrected chi connectivity index (χ2v) is 6.18. The van der Waals surface area contributed by atoms with Crippen LogP contribution in [0.3, 0.4) is 0 Å². The molecule has 0 saturated heterocycles. The Bertz CT molecular complexity index is 693. The van der Waals surface area contributed by atoms with Gasteiger partial charge >= 0.3 is 0 Å². The number of para-hydroxylation sites is 1. The van der Waals surface area contributed by atoms with Gasteiger partial charge in [-0.3, -0.25) is 9.78 Å². The first-order valence-electron chi connectivity index (χ1n) is 7.42. The monoisotopic (exact) mass is 283 g/mol. The first kappa shape index (κ1) is 14.0. The van der Waals surface area contributed by atoms with Crippen LogP contribution in [0.15, 0.2) is 30.3 Å². The maximum absolute atomic E-state index is 12.7. The van der Waals surface area contributed by atoms with Gasteiger partial charge in [-0.05, 0) is 44.7 Å². The molecule has 0 spiro atoms. The van der Waals surface area contributed by atoms with Crippen molar-refractivity contribution < 1.29 is 4.79 Å². The molecule has 1 heterocycles. The number of rotatable bonds is 4. The van der Waals surface area contributed by atoms with Gasteiger partial charge in [0, 0.05) is 17.6 Å². The Balaban J connectivity index is 1.96. The Morgan fingerprint density at radius 3 is 2.81 bits per heavy atom. The van der Waals surface area contributed by atoms with E-state index in [-0.39, 0.29) is 11.4 Å². The second kappa shape index (κ2) is 5.11. The molecule has 3 rings (SSSR count). The zero-order valence-corrected chi connectivity index (χ0v) is 12.5. The summed E-state index contributed by atoms with van der Waals surface area (Å²) in [6.07, 6.45) is 2.28. The number of fused-ring (bicyclic) bond motifs is 1. The number of nitrogens with one attached hydrogen (secondary N) is 1. The van der Waals surface area contributed by atoms with Crippen LogP contribution in [0.1, 0.15) is 35.8 Å². The summed E-state index contributed by atoms with van der Waals surface area (Å²) in [7, 11) is 0. The summed E-state index contributed by atoms with van der Waals surface area (Å²) >= 11 is 0. The molecule has 1 amide bonds. The van der Waals surface area contributed by atoms with Gasteiger partial charge in [-0.2, -0.15) is 0 Å². The van der Waals surface area contributed by atoms with Crippen LogP contribution in [0.4, 0.5) is 0 Å². The minimum atomic E-state index is -0.316. The normalized spacial score (nSPS) is 17.5. The van der Waals surface area contributed by atoms with Crippen molar-refractivity contribution in [2.75, 3.05) is 6.54 Å². The molecule has 0 aliphatic heterocycles. The molecule has 2 aromatic rings. The molecule has 1 aliphatic carbocycles. The van der Waals surface area contributed by atoms with E-state index in [9.17, 15) is 4.79 Å². The Labute approximate surface area is 124 Å². The molecule has 1 aromatic carbocycles. The zero-order valence-electron chi connectivity index (χ0n) is 12.5. The quantitative estimate of drug-likeness (QED) is 0.905. The molecule has 21 heavy (non-hydrogen) atoms. The number of pyridine rings is 1. The molecule has 110 valence electrons. The highest BCUT2D eigenvalue weighted by molar-refractivity contribution is 6.05. The molecule has 1 fully saturated rings. The molecule has 1 aromatic heterocycles. The highest BCUT2D eigenvalue weighted by Gasteiger charge is 2.41. The minimum Gasteiger partial charge on any atom is -0.345 e. The smallest absolute Gasteiger partial charge is 0.253 e. The van der Waals surface area contributed by atoms with Crippen molar-refractivity contribution in [3.63, 3.8) is 0 Å². The van der Waals surface area contributed by atoms with Gasteiger partial charge in [0.1, 0.15) is 0 Å². The van der Waals surface area contributed by atoms with Gasteiger partial charge in [0.25, 0.3) is 5.91 Å². The predicted octanol–water partition coefficient (Wildman–Crippen LogP) is 2.40. The van der Waals surface area contributed by atoms with Crippen LogP contribution in [0.2, 0.25) is 0 Å². The third-order valence-electron chi connectivity index (χ3n) is 4.41. The SMILES string of the molecule is Cc1ccc2cccc(C(=O)NC(C)(CN)C3CC3)c2n1. The Kier molecular flexibility index (Phi) is 3.41. The van der Waals surface area contributed by atoms with E-state index in [1.807, 2.05) is 44.2 Å². The van der Waals surface area contributed by atoms with Gasteiger partial charge in [0.05, 0.1) is 16.6 Å². The lowest BCUT2D eigenvalue weighted by Gasteiger charge is -2.29. The first-order valence-corrected chi connectivity index (χ1v) is 7.42. The topological polar surface area (TPSA) is 68.0 Å². The van der Waals surface area contributed by atoms with E-state index >= 15 is 0 Å². The highest BCUT2D eigenvalue weighted by atomic mass is 16.1.